The van der Waals surface area contributed by atoms with Crippen LogP contribution in [0.2, 0.25) is 0 Å². The maximum absolute atomic E-state index is 11.6. The van der Waals surface area contributed by atoms with Crippen LogP contribution in [0.1, 0.15) is 13.8 Å². The number of likely N-dealkylation sites (N-methyl/N-ethyl adjacent to an activating group) is 1. The van der Waals surface area contributed by atoms with E-state index in [-0.39, 0.29) is 24.3 Å². The first-order valence-corrected chi connectivity index (χ1v) is 7.14. The number of carbonyl (C=O) groups excluding carboxylic acids is 2. The molecule has 1 aromatic carbocycles. The molecule has 6 heteroatoms. The maximum Gasteiger partial charge on any atom is 0.241 e. The molecule has 0 unspecified atom stereocenters. The van der Waals surface area contributed by atoms with E-state index < -0.39 is 0 Å². The zero-order chi connectivity index (χ0) is 16.1. The Morgan fingerprint density at radius 3 is 2.45 bits per heavy atom. The number of carbonyl (C=O) groups is 2. The number of hydrogen-bond acceptors (Lipinski definition) is 3. The van der Waals surface area contributed by atoms with E-state index in [4.69, 9.17) is 0 Å². The van der Waals surface area contributed by atoms with Gasteiger partial charge in [-0.25, -0.2) is 0 Å². The molecule has 0 bridgehead atoms. The lowest BCUT2D eigenvalue weighted by atomic mass is 10.1. The van der Waals surface area contributed by atoms with Crippen LogP contribution in [0.5, 0.6) is 0 Å². The normalized spacial score (nSPS) is 10.5. The molecule has 0 saturated carbocycles. The van der Waals surface area contributed by atoms with E-state index in [9.17, 15) is 9.59 Å². The van der Waals surface area contributed by atoms with Crippen molar-refractivity contribution < 1.29 is 9.59 Å². The van der Waals surface area contributed by atoms with Crippen molar-refractivity contribution in [2.75, 3.05) is 12.4 Å². The number of hydrogen-bond donors (Lipinski definition) is 2. The van der Waals surface area contributed by atoms with Crippen molar-refractivity contribution in [3.8, 4) is 11.1 Å². The van der Waals surface area contributed by atoms with E-state index in [0.29, 0.717) is 0 Å². The molecule has 6 nitrogen and oxygen atoms in total. The van der Waals surface area contributed by atoms with Gasteiger partial charge in [0, 0.05) is 30.4 Å². The molecular weight excluding hydrogens is 280 g/mol. The molecule has 0 atom stereocenters. The van der Waals surface area contributed by atoms with E-state index in [0.717, 1.165) is 16.8 Å². The molecule has 0 fully saturated rings. The highest BCUT2D eigenvalue weighted by atomic mass is 16.2. The van der Waals surface area contributed by atoms with Crippen LogP contribution >= 0.6 is 0 Å². The first-order chi connectivity index (χ1) is 10.5. The van der Waals surface area contributed by atoms with Crippen molar-refractivity contribution in [3.05, 3.63) is 36.7 Å². The van der Waals surface area contributed by atoms with Gasteiger partial charge in [0.1, 0.15) is 6.54 Å². The van der Waals surface area contributed by atoms with Gasteiger partial charge in [-0.3, -0.25) is 14.3 Å². The number of aromatic nitrogens is 2. The average Bonchev–Trinajstić information content (AvgIpc) is 2.96. The third kappa shape index (κ3) is 3.94. The number of anilines is 1. The van der Waals surface area contributed by atoms with Gasteiger partial charge in [-0.2, -0.15) is 5.10 Å². The number of benzene rings is 1. The van der Waals surface area contributed by atoms with Crippen LogP contribution in [0.4, 0.5) is 5.69 Å². The first-order valence-electron chi connectivity index (χ1n) is 7.14. The van der Waals surface area contributed by atoms with Crippen molar-refractivity contribution in [3.63, 3.8) is 0 Å². The third-order valence-electron chi connectivity index (χ3n) is 3.23. The summed E-state index contributed by atoms with van der Waals surface area (Å²) in [7, 11) is 1.59. The molecule has 0 radical (unpaired) electrons. The van der Waals surface area contributed by atoms with Crippen LogP contribution < -0.4 is 10.6 Å². The molecule has 0 aliphatic carbocycles. The lowest BCUT2D eigenvalue weighted by Crippen LogP contribution is -2.23. The van der Waals surface area contributed by atoms with Crippen LogP contribution in [0.15, 0.2) is 36.7 Å². The van der Waals surface area contributed by atoms with Gasteiger partial charge in [0.15, 0.2) is 0 Å². The Labute approximate surface area is 129 Å². The van der Waals surface area contributed by atoms with Crippen LogP contribution in [0, 0.1) is 5.92 Å². The van der Waals surface area contributed by atoms with Crippen LogP contribution in [-0.2, 0) is 16.1 Å². The summed E-state index contributed by atoms with van der Waals surface area (Å²) in [6.45, 7) is 3.90. The molecule has 0 aliphatic rings. The highest BCUT2D eigenvalue weighted by molar-refractivity contribution is 5.92. The second-order valence-corrected chi connectivity index (χ2v) is 5.32. The summed E-state index contributed by atoms with van der Waals surface area (Å²) < 4.78 is 1.59. The number of rotatable bonds is 5. The lowest BCUT2D eigenvalue weighted by Gasteiger charge is -2.08. The fourth-order valence-corrected chi connectivity index (χ4v) is 1.86. The average molecular weight is 300 g/mol. The van der Waals surface area contributed by atoms with Gasteiger partial charge in [-0.1, -0.05) is 26.0 Å². The maximum atomic E-state index is 11.6. The van der Waals surface area contributed by atoms with Gasteiger partial charge in [0.25, 0.3) is 0 Å². The highest BCUT2D eigenvalue weighted by Crippen LogP contribution is 2.21. The molecule has 0 saturated heterocycles. The minimum Gasteiger partial charge on any atom is -0.358 e. The number of nitrogens with zero attached hydrogens (tertiary/aromatic N) is 2. The fourth-order valence-electron chi connectivity index (χ4n) is 1.86. The molecule has 2 N–H and O–H groups in total. The van der Waals surface area contributed by atoms with Gasteiger partial charge in [0.2, 0.25) is 11.8 Å². The predicted octanol–water partition coefficient (Wildman–Crippen LogP) is 1.89. The number of amides is 2. The summed E-state index contributed by atoms with van der Waals surface area (Å²) in [5, 5.41) is 9.56. The summed E-state index contributed by atoms with van der Waals surface area (Å²) in [5.41, 5.74) is 2.66. The van der Waals surface area contributed by atoms with Gasteiger partial charge in [-0.15, -0.1) is 0 Å². The summed E-state index contributed by atoms with van der Waals surface area (Å²) in [4.78, 5) is 23.0. The SMILES string of the molecule is CNC(=O)Cn1cc(-c2ccc(NC(=O)C(C)C)cc2)cn1. The Morgan fingerprint density at radius 1 is 1.18 bits per heavy atom. The lowest BCUT2D eigenvalue weighted by molar-refractivity contribution is -0.121. The molecule has 2 aromatic rings. The quantitative estimate of drug-likeness (QED) is 0.885. The smallest absolute Gasteiger partial charge is 0.241 e. The Hall–Kier alpha value is -2.63. The zero-order valence-corrected chi connectivity index (χ0v) is 13.0. The van der Waals surface area contributed by atoms with E-state index in [1.54, 1.807) is 17.9 Å². The Bertz CT molecular complexity index is 659. The summed E-state index contributed by atoms with van der Waals surface area (Å²) in [6, 6.07) is 7.53. The van der Waals surface area contributed by atoms with Crippen LogP contribution in [0.3, 0.4) is 0 Å². The predicted molar refractivity (Wildman–Crippen MR) is 85.2 cm³/mol. The van der Waals surface area contributed by atoms with Gasteiger partial charge < -0.3 is 10.6 Å². The van der Waals surface area contributed by atoms with E-state index in [1.807, 2.05) is 44.3 Å². The second-order valence-electron chi connectivity index (χ2n) is 5.32. The Kier molecular flexibility index (Phi) is 4.93. The molecule has 1 aromatic heterocycles. The molecular formula is C16H20N4O2. The Balaban J connectivity index is 2.07. The Morgan fingerprint density at radius 2 is 1.86 bits per heavy atom. The minimum absolute atomic E-state index is 0.00820. The zero-order valence-electron chi connectivity index (χ0n) is 13.0. The van der Waals surface area contributed by atoms with E-state index in [2.05, 4.69) is 15.7 Å². The number of nitrogens with one attached hydrogen (secondary N) is 2. The molecule has 1 heterocycles. The van der Waals surface area contributed by atoms with Crippen LogP contribution in [0.25, 0.3) is 11.1 Å². The van der Waals surface area contributed by atoms with Gasteiger partial charge >= 0.3 is 0 Å². The molecule has 2 amide bonds. The summed E-state index contributed by atoms with van der Waals surface area (Å²) in [5.74, 6) is -0.157. The van der Waals surface area contributed by atoms with Crippen molar-refractivity contribution in [2.24, 2.45) is 5.92 Å². The summed E-state index contributed by atoms with van der Waals surface area (Å²) >= 11 is 0. The van der Waals surface area contributed by atoms with Crippen molar-refractivity contribution >= 4 is 17.5 Å². The fraction of sp³-hybridized carbons (Fsp3) is 0.312. The van der Waals surface area contributed by atoms with E-state index >= 15 is 0 Å². The molecule has 0 aliphatic heterocycles. The summed E-state index contributed by atoms with van der Waals surface area (Å²) in [6.07, 6.45) is 3.53. The van der Waals surface area contributed by atoms with Gasteiger partial charge in [0.05, 0.1) is 6.20 Å². The standard InChI is InChI=1S/C16H20N4O2/c1-11(2)16(22)19-14-6-4-12(5-7-14)13-8-18-20(9-13)10-15(21)17-3/h4-9,11H,10H2,1-3H3,(H,17,21)(H,19,22). The second kappa shape index (κ2) is 6.89. The largest absolute Gasteiger partial charge is 0.358 e. The first kappa shape index (κ1) is 15.8. The molecule has 116 valence electrons. The molecule has 2 rings (SSSR count). The van der Waals surface area contributed by atoms with Gasteiger partial charge in [-0.05, 0) is 17.7 Å². The topological polar surface area (TPSA) is 76.0 Å². The minimum atomic E-state index is -0.0959. The van der Waals surface area contributed by atoms with Crippen molar-refractivity contribution in [1.29, 1.82) is 0 Å². The molecule has 0 spiro atoms. The molecule has 22 heavy (non-hydrogen) atoms. The highest BCUT2D eigenvalue weighted by Gasteiger charge is 2.08. The van der Waals surface area contributed by atoms with Crippen molar-refractivity contribution in [2.45, 2.75) is 20.4 Å². The van der Waals surface area contributed by atoms with Crippen LogP contribution in [-0.4, -0.2) is 28.6 Å². The third-order valence-corrected chi connectivity index (χ3v) is 3.23. The van der Waals surface area contributed by atoms with E-state index in [1.165, 1.54) is 0 Å². The monoisotopic (exact) mass is 300 g/mol. The van der Waals surface area contributed by atoms with Crippen molar-refractivity contribution in [1.82, 2.24) is 15.1 Å².